The molecule has 3 aromatic rings. The van der Waals surface area contributed by atoms with Gasteiger partial charge in [0.15, 0.2) is 17.8 Å². The Morgan fingerprint density at radius 3 is 2.58 bits per heavy atom. The van der Waals surface area contributed by atoms with Crippen molar-refractivity contribution in [3.8, 4) is 17.2 Å². The average Bonchev–Trinajstić information content (AvgIpc) is 2.86. The van der Waals surface area contributed by atoms with Crippen molar-refractivity contribution in [2.75, 3.05) is 27.3 Å². The van der Waals surface area contributed by atoms with E-state index < -0.39 is 0 Å². The molecule has 2 aromatic carbocycles. The molecule has 0 spiro atoms. The fourth-order valence-corrected chi connectivity index (χ4v) is 4.69. The molecule has 0 aliphatic carbocycles. The van der Waals surface area contributed by atoms with Crippen molar-refractivity contribution in [2.45, 2.75) is 31.7 Å². The normalized spacial score (nSPS) is 15.6. The summed E-state index contributed by atoms with van der Waals surface area (Å²) in [6.07, 6.45) is 5.72. The molecule has 1 unspecified atom stereocenters. The summed E-state index contributed by atoms with van der Waals surface area (Å²) < 4.78 is 11.1. The van der Waals surface area contributed by atoms with E-state index in [9.17, 15) is 9.90 Å². The number of aryl methyl sites for hydroxylation is 1. The summed E-state index contributed by atoms with van der Waals surface area (Å²) in [6.45, 7) is 1.89. The zero-order valence-electron chi connectivity index (χ0n) is 19.2. The molecule has 1 N–H and O–H groups in total. The van der Waals surface area contributed by atoms with Crippen LogP contribution in [0.15, 0.2) is 54.7 Å². The number of benzene rings is 2. The second kappa shape index (κ2) is 10.5. The Kier molecular flexibility index (Phi) is 7.25. The molecule has 2 heterocycles. The lowest BCUT2D eigenvalue weighted by atomic mass is 9.87. The number of methoxy groups -OCH3 is 2. The lowest BCUT2D eigenvalue weighted by molar-refractivity contribution is 0.111. The van der Waals surface area contributed by atoms with Gasteiger partial charge in [-0.2, -0.15) is 0 Å². The number of carbonyl (C=O) groups is 1. The van der Waals surface area contributed by atoms with Crippen LogP contribution in [0.3, 0.4) is 0 Å². The standard InChI is InChI=1S/C27H30N2O4/c1-32-24-16-21-12-15-29(14-7-6-10-20-11-13-28-23(18-30)27(20)31)26(19-8-4-3-5-9-19)22(21)17-25(24)33-2/h3-5,8-9,11,13,16-18,26,31H,6-7,10,12,14-15H2,1-2H3. The quantitative estimate of drug-likeness (QED) is 0.383. The number of aromatic hydroxyl groups is 1. The summed E-state index contributed by atoms with van der Waals surface area (Å²) in [6, 6.07) is 16.7. The van der Waals surface area contributed by atoms with E-state index >= 15 is 0 Å². The zero-order chi connectivity index (χ0) is 23.2. The number of fused-ring (bicyclic) bond motifs is 1. The second-order valence-electron chi connectivity index (χ2n) is 8.28. The summed E-state index contributed by atoms with van der Waals surface area (Å²) in [5.41, 5.74) is 4.68. The Balaban J connectivity index is 1.53. The Labute approximate surface area is 194 Å². The Morgan fingerprint density at radius 1 is 1.09 bits per heavy atom. The maximum atomic E-state index is 11.0. The topological polar surface area (TPSA) is 71.9 Å². The first-order chi connectivity index (χ1) is 16.2. The smallest absolute Gasteiger partial charge is 0.172 e. The number of hydrogen-bond acceptors (Lipinski definition) is 6. The van der Waals surface area contributed by atoms with Crippen molar-refractivity contribution in [2.24, 2.45) is 0 Å². The van der Waals surface area contributed by atoms with E-state index in [0.29, 0.717) is 12.7 Å². The summed E-state index contributed by atoms with van der Waals surface area (Å²) in [7, 11) is 3.35. The van der Waals surface area contributed by atoms with Gasteiger partial charge in [-0.15, -0.1) is 0 Å². The predicted octanol–water partition coefficient (Wildman–Crippen LogP) is 4.59. The fourth-order valence-electron chi connectivity index (χ4n) is 4.69. The van der Waals surface area contributed by atoms with E-state index in [2.05, 4.69) is 46.3 Å². The first kappa shape index (κ1) is 22.8. The van der Waals surface area contributed by atoms with Gasteiger partial charge in [-0.3, -0.25) is 9.69 Å². The molecule has 33 heavy (non-hydrogen) atoms. The van der Waals surface area contributed by atoms with Gasteiger partial charge in [0.2, 0.25) is 0 Å². The molecular weight excluding hydrogens is 416 g/mol. The molecule has 4 rings (SSSR count). The maximum absolute atomic E-state index is 11.0. The van der Waals surface area contributed by atoms with Gasteiger partial charge in [0.25, 0.3) is 0 Å². The van der Waals surface area contributed by atoms with Gasteiger partial charge in [0.05, 0.1) is 20.3 Å². The van der Waals surface area contributed by atoms with Gasteiger partial charge in [0.1, 0.15) is 11.4 Å². The van der Waals surface area contributed by atoms with Crippen LogP contribution in [-0.2, 0) is 12.8 Å². The van der Waals surface area contributed by atoms with Crippen molar-refractivity contribution in [1.82, 2.24) is 9.88 Å². The zero-order valence-corrected chi connectivity index (χ0v) is 19.2. The molecule has 1 aliphatic rings. The van der Waals surface area contributed by atoms with E-state index in [1.807, 2.05) is 6.07 Å². The third-order valence-corrected chi connectivity index (χ3v) is 6.38. The van der Waals surface area contributed by atoms with E-state index in [1.54, 1.807) is 26.5 Å². The number of hydrogen-bond donors (Lipinski definition) is 1. The average molecular weight is 447 g/mol. The molecule has 0 radical (unpaired) electrons. The van der Waals surface area contributed by atoms with Crippen LogP contribution >= 0.6 is 0 Å². The molecule has 0 saturated heterocycles. The molecule has 0 amide bonds. The van der Waals surface area contributed by atoms with Crippen molar-refractivity contribution in [1.29, 1.82) is 0 Å². The van der Waals surface area contributed by atoms with E-state index in [1.165, 1.54) is 16.7 Å². The number of carbonyl (C=O) groups excluding carboxylic acids is 1. The maximum Gasteiger partial charge on any atom is 0.172 e. The fraction of sp³-hybridized carbons (Fsp3) is 0.333. The highest BCUT2D eigenvalue weighted by molar-refractivity contribution is 5.76. The minimum atomic E-state index is 0.00241. The van der Waals surface area contributed by atoms with Crippen LogP contribution in [0, 0.1) is 0 Å². The summed E-state index contributed by atoms with van der Waals surface area (Å²) in [5, 5.41) is 10.2. The summed E-state index contributed by atoms with van der Waals surface area (Å²) in [4.78, 5) is 17.5. The third kappa shape index (κ3) is 4.86. The van der Waals surface area contributed by atoms with Crippen LogP contribution in [0.5, 0.6) is 17.2 Å². The molecule has 1 aromatic heterocycles. The number of aldehydes is 1. The molecule has 172 valence electrons. The van der Waals surface area contributed by atoms with Crippen LogP contribution in [-0.4, -0.2) is 48.6 Å². The molecule has 0 bridgehead atoms. The molecule has 0 fully saturated rings. The summed E-state index contributed by atoms with van der Waals surface area (Å²) >= 11 is 0. The SMILES string of the molecule is COc1cc2c(cc1OC)C(c1ccccc1)N(CCCCc1ccnc(C=O)c1O)CC2. The van der Waals surface area contributed by atoms with Crippen molar-refractivity contribution in [3.63, 3.8) is 0 Å². The van der Waals surface area contributed by atoms with Gasteiger partial charge < -0.3 is 14.6 Å². The van der Waals surface area contributed by atoms with Crippen LogP contribution < -0.4 is 9.47 Å². The van der Waals surface area contributed by atoms with E-state index in [-0.39, 0.29) is 17.5 Å². The van der Waals surface area contributed by atoms with Gasteiger partial charge in [-0.25, -0.2) is 4.98 Å². The molecular formula is C27H30N2O4. The number of aromatic nitrogens is 1. The lowest BCUT2D eigenvalue weighted by Gasteiger charge is -2.38. The van der Waals surface area contributed by atoms with Crippen LogP contribution in [0.4, 0.5) is 0 Å². The Hall–Kier alpha value is -3.38. The van der Waals surface area contributed by atoms with Crippen molar-refractivity contribution >= 4 is 6.29 Å². The van der Waals surface area contributed by atoms with Crippen molar-refractivity contribution < 1.29 is 19.4 Å². The monoisotopic (exact) mass is 446 g/mol. The van der Waals surface area contributed by atoms with Gasteiger partial charge in [-0.1, -0.05) is 30.3 Å². The number of unbranched alkanes of at least 4 members (excludes halogenated alkanes) is 1. The van der Waals surface area contributed by atoms with Crippen LogP contribution in [0.2, 0.25) is 0 Å². The number of rotatable bonds is 9. The molecule has 6 nitrogen and oxygen atoms in total. The summed E-state index contributed by atoms with van der Waals surface area (Å²) in [5.74, 6) is 1.52. The minimum Gasteiger partial charge on any atom is -0.505 e. The number of nitrogens with zero attached hydrogens (tertiary/aromatic N) is 2. The minimum absolute atomic E-state index is 0.00241. The highest BCUT2D eigenvalue weighted by Gasteiger charge is 2.30. The second-order valence-corrected chi connectivity index (χ2v) is 8.28. The molecule has 6 heteroatoms. The van der Waals surface area contributed by atoms with Crippen LogP contribution in [0.1, 0.15) is 51.6 Å². The van der Waals surface area contributed by atoms with Gasteiger partial charge >= 0.3 is 0 Å². The third-order valence-electron chi connectivity index (χ3n) is 6.38. The Morgan fingerprint density at radius 2 is 1.85 bits per heavy atom. The van der Waals surface area contributed by atoms with Gasteiger partial charge in [0, 0.05) is 12.7 Å². The first-order valence-corrected chi connectivity index (χ1v) is 11.3. The van der Waals surface area contributed by atoms with Crippen LogP contribution in [0.25, 0.3) is 0 Å². The lowest BCUT2D eigenvalue weighted by Crippen LogP contribution is -2.37. The molecule has 0 saturated carbocycles. The molecule has 1 atom stereocenters. The largest absolute Gasteiger partial charge is 0.505 e. The van der Waals surface area contributed by atoms with E-state index in [4.69, 9.17) is 9.47 Å². The molecule has 1 aliphatic heterocycles. The van der Waals surface area contributed by atoms with Crippen molar-refractivity contribution in [3.05, 3.63) is 82.7 Å². The first-order valence-electron chi connectivity index (χ1n) is 11.3. The van der Waals surface area contributed by atoms with Gasteiger partial charge in [-0.05, 0) is 72.7 Å². The highest BCUT2D eigenvalue weighted by atomic mass is 16.5. The van der Waals surface area contributed by atoms with E-state index in [0.717, 1.165) is 49.4 Å². The predicted molar refractivity (Wildman–Crippen MR) is 127 cm³/mol. The Bertz CT molecular complexity index is 1100. The number of pyridine rings is 1. The number of ether oxygens (including phenoxy) is 2. The highest BCUT2D eigenvalue weighted by Crippen LogP contribution is 2.41.